The Bertz CT molecular complexity index is 584. The third kappa shape index (κ3) is 3.28. The number of hydrogen-bond donors (Lipinski definition) is 2. The van der Waals surface area contributed by atoms with Crippen LogP contribution >= 0.6 is 0 Å². The lowest BCUT2D eigenvalue weighted by Crippen LogP contribution is -2.12. The molecule has 0 unspecified atom stereocenters. The van der Waals surface area contributed by atoms with Crippen LogP contribution in [0.15, 0.2) is 36.5 Å². The standard InChI is InChI=1S/C14H15N3O2/c1-10-4-2-3-5-11(10)6-8-15-13-12(14(18)19)7-9-16-17-13/h2-5,7,9H,6,8H2,1H3,(H,15,17)(H,18,19). The monoisotopic (exact) mass is 257 g/mol. The quantitative estimate of drug-likeness (QED) is 0.858. The van der Waals surface area contributed by atoms with Gasteiger partial charge in [0.15, 0.2) is 5.82 Å². The fourth-order valence-electron chi connectivity index (χ4n) is 1.84. The number of anilines is 1. The van der Waals surface area contributed by atoms with Crippen molar-refractivity contribution < 1.29 is 9.90 Å². The van der Waals surface area contributed by atoms with Gasteiger partial charge in [-0.2, -0.15) is 5.10 Å². The van der Waals surface area contributed by atoms with E-state index in [0.717, 1.165) is 6.42 Å². The van der Waals surface area contributed by atoms with Gasteiger partial charge in [0.2, 0.25) is 0 Å². The van der Waals surface area contributed by atoms with E-state index in [1.165, 1.54) is 23.4 Å². The van der Waals surface area contributed by atoms with Gasteiger partial charge in [0.05, 0.1) is 6.20 Å². The van der Waals surface area contributed by atoms with Crippen LogP contribution in [0.4, 0.5) is 5.82 Å². The minimum Gasteiger partial charge on any atom is -0.478 e. The van der Waals surface area contributed by atoms with Crippen molar-refractivity contribution in [2.45, 2.75) is 13.3 Å². The summed E-state index contributed by atoms with van der Waals surface area (Å²) in [4.78, 5) is 11.0. The van der Waals surface area contributed by atoms with Gasteiger partial charge in [-0.05, 0) is 30.5 Å². The van der Waals surface area contributed by atoms with E-state index >= 15 is 0 Å². The number of aromatic carboxylic acids is 1. The maximum absolute atomic E-state index is 11.0. The fourth-order valence-corrected chi connectivity index (χ4v) is 1.84. The first-order valence-electron chi connectivity index (χ1n) is 6.02. The number of nitrogens with one attached hydrogen (secondary N) is 1. The molecule has 0 spiro atoms. The Balaban J connectivity index is 2.00. The van der Waals surface area contributed by atoms with Crippen LogP contribution in [0.25, 0.3) is 0 Å². The summed E-state index contributed by atoms with van der Waals surface area (Å²) < 4.78 is 0. The zero-order valence-corrected chi connectivity index (χ0v) is 10.6. The Kier molecular flexibility index (Phi) is 4.07. The molecule has 0 bridgehead atoms. The van der Waals surface area contributed by atoms with E-state index in [4.69, 9.17) is 5.11 Å². The Morgan fingerprint density at radius 3 is 2.84 bits per heavy atom. The van der Waals surface area contributed by atoms with Crippen molar-refractivity contribution in [1.29, 1.82) is 0 Å². The third-order valence-electron chi connectivity index (χ3n) is 2.90. The largest absolute Gasteiger partial charge is 0.478 e. The molecule has 2 N–H and O–H groups in total. The highest BCUT2D eigenvalue weighted by molar-refractivity contribution is 5.92. The number of hydrogen-bond acceptors (Lipinski definition) is 4. The summed E-state index contributed by atoms with van der Waals surface area (Å²) in [7, 11) is 0. The van der Waals surface area contributed by atoms with Crippen molar-refractivity contribution >= 4 is 11.8 Å². The van der Waals surface area contributed by atoms with Crippen LogP contribution in [-0.4, -0.2) is 27.8 Å². The van der Waals surface area contributed by atoms with Crippen LogP contribution in [0.5, 0.6) is 0 Å². The van der Waals surface area contributed by atoms with Gasteiger partial charge in [-0.1, -0.05) is 24.3 Å². The summed E-state index contributed by atoms with van der Waals surface area (Å²) in [6.07, 6.45) is 2.18. The first kappa shape index (κ1) is 13.0. The number of aromatic nitrogens is 2. The summed E-state index contributed by atoms with van der Waals surface area (Å²) >= 11 is 0. The summed E-state index contributed by atoms with van der Waals surface area (Å²) in [5, 5.41) is 19.5. The molecule has 1 heterocycles. The van der Waals surface area contributed by atoms with Gasteiger partial charge >= 0.3 is 5.97 Å². The first-order valence-corrected chi connectivity index (χ1v) is 6.02. The summed E-state index contributed by atoms with van der Waals surface area (Å²) in [6, 6.07) is 9.54. The van der Waals surface area contributed by atoms with Gasteiger partial charge in [-0.15, -0.1) is 5.10 Å². The molecule has 5 heteroatoms. The van der Waals surface area contributed by atoms with E-state index in [1.807, 2.05) is 12.1 Å². The normalized spacial score (nSPS) is 10.2. The molecular weight excluding hydrogens is 242 g/mol. The predicted octanol–water partition coefficient (Wildman–Crippen LogP) is 2.14. The fraction of sp³-hybridized carbons (Fsp3) is 0.214. The minimum atomic E-state index is -1.01. The highest BCUT2D eigenvalue weighted by Crippen LogP contribution is 2.11. The van der Waals surface area contributed by atoms with Gasteiger partial charge in [0, 0.05) is 6.54 Å². The molecule has 1 aromatic carbocycles. The zero-order chi connectivity index (χ0) is 13.7. The lowest BCUT2D eigenvalue weighted by molar-refractivity contribution is 0.0697. The van der Waals surface area contributed by atoms with Gasteiger partial charge in [-0.25, -0.2) is 4.79 Å². The molecule has 5 nitrogen and oxygen atoms in total. The van der Waals surface area contributed by atoms with Crippen molar-refractivity contribution in [1.82, 2.24) is 10.2 Å². The minimum absolute atomic E-state index is 0.139. The molecule has 2 aromatic rings. The SMILES string of the molecule is Cc1ccccc1CCNc1nnccc1C(=O)O. The molecule has 19 heavy (non-hydrogen) atoms. The molecule has 0 aliphatic heterocycles. The smallest absolute Gasteiger partial charge is 0.339 e. The van der Waals surface area contributed by atoms with E-state index < -0.39 is 5.97 Å². The molecule has 0 amide bonds. The molecule has 0 aliphatic carbocycles. The van der Waals surface area contributed by atoms with E-state index in [0.29, 0.717) is 12.4 Å². The predicted molar refractivity (Wildman–Crippen MR) is 72.4 cm³/mol. The van der Waals surface area contributed by atoms with E-state index in [-0.39, 0.29) is 5.56 Å². The second-order valence-corrected chi connectivity index (χ2v) is 4.20. The Morgan fingerprint density at radius 1 is 1.32 bits per heavy atom. The zero-order valence-electron chi connectivity index (χ0n) is 10.6. The van der Waals surface area contributed by atoms with Gasteiger partial charge in [0.1, 0.15) is 5.56 Å². The average molecular weight is 257 g/mol. The van der Waals surface area contributed by atoms with Crippen LogP contribution < -0.4 is 5.32 Å². The maximum Gasteiger partial charge on any atom is 0.339 e. The molecule has 1 aromatic heterocycles. The number of aryl methyl sites for hydroxylation is 1. The Morgan fingerprint density at radius 2 is 2.11 bits per heavy atom. The van der Waals surface area contributed by atoms with Crippen molar-refractivity contribution in [3.63, 3.8) is 0 Å². The van der Waals surface area contributed by atoms with Crippen molar-refractivity contribution in [2.24, 2.45) is 0 Å². The van der Waals surface area contributed by atoms with E-state index in [1.54, 1.807) is 0 Å². The summed E-state index contributed by atoms with van der Waals surface area (Å²) in [6.45, 7) is 2.67. The first-order chi connectivity index (χ1) is 9.18. The molecule has 0 aliphatic rings. The molecule has 0 saturated carbocycles. The highest BCUT2D eigenvalue weighted by atomic mass is 16.4. The van der Waals surface area contributed by atoms with Crippen molar-refractivity contribution in [2.75, 3.05) is 11.9 Å². The van der Waals surface area contributed by atoms with Crippen LogP contribution in [0.2, 0.25) is 0 Å². The second kappa shape index (κ2) is 5.95. The highest BCUT2D eigenvalue weighted by Gasteiger charge is 2.10. The van der Waals surface area contributed by atoms with Crippen LogP contribution in [0, 0.1) is 6.92 Å². The second-order valence-electron chi connectivity index (χ2n) is 4.20. The Hall–Kier alpha value is -2.43. The van der Waals surface area contributed by atoms with Gasteiger partial charge < -0.3 is 10.4 Å². The number of carbonyl (C=O) groups is 1. The average Bonchev–Trinajstić information content (AvgIpc) is 2.41. The summed E-state index contributed by atoms with van der Waals surface area (Å²) in [5.74, 6) is -0.697. The van der Waals surface area contributed by atoms with Gasteiger partial charge in [0.25, 0.3) is 0 Å². The summed E-state index contributed by atoms with van der Waals surface area (Å²) in [5.41, 5.74) is 2.59. The van der Waals surface area contributed by atoms with E-state index in [2.05, 4.69) is 34.6 Å². The lowest BCUT2D eigenvalue weighted by atomic mass is 10.1. The number of carboxylic acid groups (broad SMARTS) is 1. The van der Waals surface area contributed by atoms with Crippen molar-refractivity contribution in [3.05, 3.63) is 53.2 Å². The third-order valence-corrected chi connectivity index (χ3v) is 2.90. The van der Waals surface area contributed by atoms with Crippen LogP contribution in [-0.2, 0) is 6.42 Å². The topological polar surface area (TPSA) is 75.1 Å². The van der Waals surface area contributed by atoms with Crippen molar-refractivity contribution in [3.8, 4) is 0 Å². The van der Waals surface area contributed by atoms with Gasteiger partial charge in [-0.3, -0.25) is 0 Å². The van der Waals surface area contributed by atoms with Crippen LogP contribution in [0.1, 0.15) is 21.5 Å². The molecular formula is C14H15N3O2. The number of nitrogens with zero attached hydrogens (tertiary/aromatic N) is 2. The molecule has 0 saturated heterocycles. The Labute approximate surface area is 111 Å². The lowest BCUT2D eigenvalue weighted by Gasteiger charge is -2.08. The molecule has 0 radical (unpaired) electrons. The van der Waals surface area contributed by atoms with E-state index in [9.17, 15) is 4.79 Å². The number of benzene rings is 1. The van der Waals surface area contributed by atoms with Crippen LogP contribution in [0.3, 0.4) is 0 Å². The maximum atomic E-state index is 11.0. The number of rotatable bonds is 5. The molecule has 0 atom stereocenters. The number of carboxylic acids is 1. The molecule has 0 fully saturated rings. The molecule has 2 rings (SSSR count). The molecule has 98 valence electrons.